The number of hydrogen-bond acceptors (Lipinski definition) is 3. The minimum atomic E-state index is -0.441. The van der Waals surface area contributed by atoms with Crippen molar-refractivity contribution in [3.8, 4) is 0 Å². The van der Waals surface area contributed by atoms with Crippen LogP contribution >= 0.6 is 0 Å². The van der Waals surface area contributed by atoms with Crippen LogP contribution in [0.1, 0.15) is 26.3 Å². The Labute approximate surface area is 116 Å². The highest BCUT2D eigenvalue weighted by molar-refractivity contribution is 6.40. The van der Waals surface area contributed by atoms with Crippen LogP contribution in [-0.2, 0) is 0 Å². The van der Waals surface area contributed by atoms with Crippen LogP contribution < -0.4 is 0 Å². The molecular formula is C17H12O3. The lowest BCUT2D eigenvalue weighted by Gasteiger charge is -2.20. The van der Waals surface area contributed by atoms with E-state index in [9.17, 15) is 14.7 Å². The van der Waals surface area contributed by atoms with Crippen molar-refractivity contribution in [3.05, 3.63) is 76.9 Å². The summed E-state index contributed by atoms with van der Waals surface area (Å²) in [7, 11) is 0. The molecule has 0 bridgehead atoms. The molecule has 0 fully saturated rings. The third kappa shape index (κ3) is 1.80. The highest BCUT2D eigenvalue weighted by Crippen LogP contribution is 2.31. The lowest BCUT2D eigenvalue weighted by molar-refractivity contribution is 0.0980. The summed E-state index contributed by atoms with van der Waals surface area (Å²) in [5.41, 5.74) is 1.89. The topological polar surface area (TPSA) is 54.4 Å². The molecule has 1 N–H and O–H groups in total. The van der Waals surface area contributed by atoms with Crippen LogP contribution in [-0.4, -0.2) is 23.3 Å². The van der Waals surface area contributed by atoms with Crippen LogP contribution in [0.15, 0.2) is 60.2 Å². The van der Waals surface area contributed by atoms with E-state index in [1.165, 1.54) is 0 Å². The summed E-state index contributed by atoms with van der Waals surface area (Å²) >= 11 is 0. The van der Waals surface area contributed by atoms with Gasteiger partial charge in [0, 0.05) is 22.3 Å². The zero-order valence-electron chi connectivity index (χ0n) is 10.7. The number of carbonyl (C=O) groups is 2. The first kappa shape index (κ1) is 12.5. The van der Waals surface area contributed by atoms with Crippen molar-refractivity contribution in [1.29, 1.82) is 0 Å². The molecule has 20 heavy (non-hydrogen) atoms. The van der Waals surface area contributed by atoms with E-state index in [1.807, 2.05) is 6.07 Å². The monoisotopic (exact) mass is 264 g/mol. The van der Waals surface area contributed by atoms with Crippen LogP contribution in [0.4, 0.5) is 0 Å². The van der Waals surface area contributed by atoms with E-state index in [0.29, 0.717) is 22.3 Å². The molecule has 0 atom stereocenters. The number of fused-ring (bicyclic) bond motifs is 1. The zero-order chi connectivity index (χ0) is 14.1. The molecule has 2 aromatic carbocycles. The first-order valence-electron chi connectivity index (χ1n) is 6.32. The lowest BCUT2D eigenvalue weighted by Crippen LogP contribution is -2.23. The fourth-order valence-corrected chi connectivity index (χ4v) is 2.49. The summed E-state index contributed by atoms with van der Waals surface area (Å²) < 4.78 is 0. The number of benzene rings is 2. The van der Waals surface area contributed by atoms with Crippen molar-refractivity contribution < 1.29 is 14.7 Å². The number of allylic oxidation sites excluding steroid dienone is 1. The Kier molecular flexibility index (Phi) is 3.05. The fraction of sp³-hybridized carbons (Fsp3) is 0.0588. The van der Waals surface area contributed by atoms with Crippen molar-refractivity contribution in [2.75, 3.05) is 6.61 Å². The standard InChI is InChI=1S/C17H12O3/c18-10-14-15(11-6-2-1-3-7-11)17(20)13-9-5-4-8-12(13)16(14)19/h1-9,18H,10H2. The third-order valence-electron chi connectivity index (χ3n) is 3.44. The highest BCUT2D eigenvalue weighted by atomic mass is 16.3. The Balaban J connectivity index is 2.27. The van der Waals surface area contributed by atoms with E-state index in [2.05, 4.69) is 0 Å². The molecular weight excluding hydrogens is 252 g/mol. The van der Waals surface area contributed by atoms with E-state index in [4.69, 9.17) is 0 Å². The normalized spacial score (nSPS) is 14.4. The molecule has 0 saturated heterocycles. The van der Waals surface area contributed by atoms with Crippen LogP contribution in [0.5, 0.6) is 0 Å². The maximum absolute atomic E-state index is 12.6. The molecule has 0 radical (unpaired) electrons. The van der Waals surface area contributed by atoms with Gasteiger partial charge in [-0.2, -0.15) is 0 Å². The molecule has 0 amide bonds. The van der Waals surface area contributed by atoms with E-state index in [1.54, 1.807) is 48.5 Å². The van der Waals surface area contributed by atoms with Crippen LogP contribution in [0.3, 0.4) is 0 Å². The number of carbonyl (C=O) groups excluding carboxylic acids is 2. The smallest absolute Gasteiger partial charge is 0.194 e. The minimum absolute atomic E-state index is 0.167. The number of aliphatic hydroxyl groups excluding tert-OH is 1. The molecule has 3 rings (SSSR count). The Hall–Kier alpha value is -2.52. The van der Waals surface area contributed by atoms with E-state index in [0.717, 1.165) is 0 Å². The van der Waals surface area contributed by atoms with Gasteiger partial charge in [0.25, 0.3) is 0 Å². The number of ketones is 2. The summed E-state index contributed by atoms with van der Waals surface area (Å²) in [5, 5.41) is 9.51. The van der Waals surface area contributed by atoms with Crippen molar-refractivity contribution in [3.63, 3.8) is 0 Å². The van der Waals surface area contributed by atoms with Crippen LogP contribution in [0.25, 0.3) is 5.57 Å². The van der Waals surface area contributed by atoms with E-state index < -0.39 is 6.61 Å². The second kappa shape index (κ2) is 4.87. The second-order valence-electron chi connectivity index (χ2n) is 4.58. The molecule has 1 aliphatic rings. The Morgan fingerprint density at radius 2 is 1.30 bits per heavy atom. The van der Waals surface area contributed by atoms with Crippen molar-refractivity contribution >= 4 is 17.1 Å². The fourth-order valence-electron chi connectivity index (χ4n) is 2.49. The highest BCUT2D eigenvalue weighted by Gasteiger charge is 2.31. The predicted molar refractivity (Wildman–Crippen MR) is 75.6 cm³/mol. The summed E-state index contributed by atoms with van der Waals surface area (Å²) in [6.07, 6.45) is 0. The molecule has 0 saturated carbocycles. The molecule has 2 aromatic rings. The van der Waals surface area contributed by atoms with Gasteiger partial charge in [-0.1, -0.05) is 54.6 Å². The van der Waals surface area contributed by atoms with E-state index >= 15 is 0 Å². The Bertz CT molecular complexity index is 727. The average Bonchev–Trinajstić information content (AvgIpc) is 2.51. The Morgan fingerprint density at radius 3 is 1.90 bits per heavy atom. The average molecular weight is 264 g/mol. The van der Waals surface area contributed by atoms with Gasteiger partial charge < -0.3 is 5.11 Å². The molecule has 0 spiro atoms. The summed E-state index contributed by atoms with van der Waals surface area (Å²) in [5.74, 6) is -0.489. The number of aliphatic hydroxyl groups is 1. The zero-order valence-corrected chi connectivity index (χ0v) is 10.7. The molecule has 0 aliphatic heterocycles. The minimum Gasteiger partial charge on any atom is -0.392 e. The predicted octanol–water partition coefficient (Wildman–Crippen LogP) is 2.51. The summed E-state index contributed by atoms with van der Waals surface area (Å²) in [4.78, 5) is 25.0. The van der Waals surface area contributed by atoms with Crippen molar-refractivity contribution in [2.24, 2.45) is 0 Å². The Morgan fingerprint density at radius 1 is 0.750 bits per heavy atom. The van der Waals surface area contributed by atoms with E-state index in [-0.39, 0.29) is 17.1 Å². The van der Waals surface area contributed by atoms with Gasteiger partial charge in [-0.15, -0.1) is 0 Å². The van der Waals surface area contributed by atoms with Gasteiger partial charge in [0.05, 0.1) is 6.61 Å². The SMILES string of the molecule is O=C1C(CO)=C(c2ccccc2)C(=O)c2ccccc21. The van der Waals surface area contributed by atoms with Crippen molar-refractivity contribution in [2.45, 2.75) is 0 Å². The largest absolute Gasteiger partial charge is 0.392 e. The van der Waals surface area contributed by atoms with Gasteiger partial charge in [-0.05, 0) is 5.56 Å². The molecule has 98 valence electrons. The maximum atomic E-state index is 12.6. The van der Waals surface area contributed by atoms with Crippen LogP contribution in [0.2, 0.25) is 0 Å². The van der Waals surface area contributed by atoms with Gasteiger partial charge in [-0.25, -0.2) is 0 Å². The van der Waals surface area contributed by atoms with Gasteiger partial charge in [-0.3, -0.25) is 9.59 Å². The summed E-state index contributed by atoms with van der Waals surface area (Å²) in [6.45, 7) is -0.441. The van der Waals surface area contributed by atoms with Gasteiger partial charge in [0.15, 0.2) is 11.6 Å². The summed E-state index contributed by atoms with van der Waals surface area (Å²) in [6, 6.07) is 15.7. The lowest BCUT2D eigenvalue weighted by atomic mass is 9.81. The molecule has 0 aromatic heterocycles. The van der Waals surface area contributed by atoms with Gasteiger partial charge in [0.2, 0.25) is 0 Å². The molecule has 0 unspecified atom stereocenters. The number of hydrogen-bond donors (Lipinski definition) is 1. The van der Waals surface area contributed by atoms with Gasteiger partial charge >= 0.3 is 0 Å². The quantitative estimate of drug-likeness (QED) is 0.906. The molecule has 3 nitrogen and oxygen atoms in total. The molecule has 0 heterocycles. The second-order valence-corrected chi connectivity index (χ2v) is 4.58. The first-order valence-corrected chi connectivity index (χ1v) is 6.32. The maximum Gasteiger partial charge on any atom is 0.194 e. The van der Waals surface area contributed by atoms with Crippen molar-refractivity contribution in [1.82, 2.24) is 0 Å². The number of Topliss-reactive ketones (excluding diaryl/α,β-unsaturated/α-hetero) is 2. The molecule has 1 aliphatic carbocycles. The first-order chi connectivity index (χ1) is 9.74. The van der Waals surface area contributed by atoms with Crippen LogP contribution in [0, 0.1) is 0 Å². The number of rotatable bonds is 2. The van der Waals surface area contributed by atoms with Gasteiger partial charge in [0.1, 0.15) is 0 Å². The molecule has 3 heteroatoms. The third-order valence-corrected chi connectivity index (χ3v) is 3.44.